The van der Waals surface area contributed by atoms with Gasteiger partial charge in [-0.3, -0.25) is 0 Å². The van der Waals surface area contributed by atoms with Crippen LogP contribution in [0, 0.1) is 5.92 Å². The van der Waals surface area contributed by atoms with Gasteiger partial charge < -0.3 is 15.3 Å². The van der Waals surface area contributed by atoms with Crippen molar-refractivity contribution in [1.82, 2.24) is 10.2 Å². The van der Waals surface area contributed by atoms with E-state index in [4.69, 9.17) is 0 Å². The average molecular weight is 282 g/mol. The minimum Gasteiger partial charge on any atom is -0.387 e. The molecule has 108 valence electrons. The van der Waals surface area contributed by atoms with Crippen molar-refractivity contribution in [2.75, 3.05) is 26.2 Å². The Labute approximate surface area is 120 Å². The lowest BCUT2D eigenvalue weighted by Gasteiger charge is -2.34. The van der Waals surface area contributed by atoms with Crippen molar-refractivity contribution in [2.24, 2.45) is 5.92 Å². The molecule has 1 aliphatic heterocycles. The lowest BCUT2D eigenvalue weighted by molar-refractivity contribution is 0.143. The molecule has 19 heavy (non-hydrogen) atoms. The molecule has 0 saturated carbocycles. The van der Waals surface area contributed by atoms with E-state index in [2.05, 4.69) is 24.1 Å². The van der Waals surface area contributed by atoms with Gasteiger partial charge in [0.25, 0.3) is 0 Å². The van der Waals surface area contributed by atoms with Gasteiger partial charge in [0, 0.05) is 12.6 Å². The zero-order valence-corrected chi connectivity index (χ0v) is 12.8. The van der Waals surface area contributed by atoms with E-state index >= 15 is 0 Å². The second-order valence-corrected chi connectivity index (χ2v) is 6.32. The zero-order chi connectivity index (χ0) is 13.7. The summed E-state index contributed by atoms with van der Waals surface area (Å²) in [5.41, 5.74) is 1.03. The van der Waals surface area contributed by atoms with Gasteiger partial charge >= 0.3 is 0 Å². The van der Waals surface area contributed by atoms with Gasteiger partial charge in [-0.1, -0.05) is 6.92 Å². The van der Waals surface area contributed by atoms with Crippen molar-refractivity contribution in [3.63, 3.8) is 0 Å². The Morgan fingerprint density at radius 2 is 2.21 bits per heavy atom. The first kappa shape index (κ1) is 15.0. The minimum atomic E-state index is -0.371. The van der Waals surface area contributed by atoms with Gasteiger partial charge in [-0.2, -0.15) is 11.3 Å². The van der Waals surface area contributed by atoms with Crippen molar-refractivity contribution >= 4 is 11.3 Å². The standard InChI is InChI=1S/C15H26N2OS/c1-3-17-7-4-13(5-8-17)12(2)16-10-15(18)14-6-9-19-11-14/h6,9,11-13,15-16,18H,3-5,7-8,10H2,1-2H3. The first-order valence-corrected chi connectivity index (χ1v) is 8.31. The summed E-state index contributed by atoms with van der Waals surface area (Å²) in [5, 5.41) is 17.6. The number of likely N-dealkylation sites (tertiary alicyclic amines) is 1. The number of nitrogens with one attached hydrogen (secondary N) is 1. The van der Waals surface area contributed by atoms with Crippen molar-refractivity contribution in [1.29, 1.82) is 0 Å². The number of thiophene rings is 1. The van der Waals surface area contributed by atoms with Crippen molar-refractivity contribution < 1.29 is 5.11 Å². The van der Waals surface area contributed by atoms with Gasteiger partial charge in [-0.15, -0.1) is 0 Å². The molecule has 2 atom stereocenters. The fourth-order valence-electron chi connectivity index (χ4n) is 2.82. The summed E-state index contributed by atoms with van der Waals surface area (Å²) < 4.78 is 0. The van der Waals surface area contributed by atoms with E-state index in [9.17, 15) is 5.11 Å². The summed E-state index contributed by atoms with van der Waals surface area (Å²) in [6.45, 7) is 8.77. The molecule has 0 bridgehead atoms. The molecule has 0 spiro atoms. The molecule has 2 N–H and O–H groups in total. The van der Waals surface area contributed by atoms with Crippen LogP contribution in [0.4, 0.5) is 0 Å². The van der Waals surface area contributed by atoms with E-state index in [0.717, 1.165) is 11.5 Å². The topological polar surface area (TPSA) is 35.5 Å². The maximum absolute atomic E-state index is 10.1. The maximum atomic E-state index is 10.1. The maximum Gasteiger partial charge on any atom is 0.0922 e. The summed E-state index contributed by atoms with van der Waals surface area (Å²) in [4.78, 5) is 2.52. The first-order chi connectivity index (χ1) is 9.20. The highest BCUT2D eigenvalue weighted by molar-refractivity contribution is 7.07. The summed E-state index contributed by atoms with van der Waals surface area (Å²) in [7, 11) is 0. The highest BCUT2D eigenvalue weighted by Crippen LogP contribution is 2.21. The second-order valence-electron chi connectivity index (χ2n) is 5.54. The molecular formula is C15H26N2OS. The molecule has 2 heterocycles. The van der Waals surface area contributed by atoms with E-state index in [-0.39, 0.29) is 6.10 Å². The molecule has 1 aliphatic rings. The summed E-state index contributed by atoms with van der Waals surface area (Å²) in [6.07, 6.45) is 2.18. The fourth-order valence-corrected chi connectivity index (χ4v) is 3.52. The van der Waals surface area contributed by atoms with Crippen LogP contribution >= 0.6 is 11.3 Å². The van der Waals surface area contributed by atoms with E-state index in [0.29, 0.717) is 12.6 Å². The predicted octanol–water partition coefficient (Wildman–Crippen LogP) is 2.49. The summed E-state index contributed by atoms with van der Waals surface area (Å²) in [6, 6.07) is 2.49. The quantitative estimate of drug-likeness (QED) is 0.841. The molecule has 1 aromatic rings. The number of hydrogen-bond donors (Lipinski definition) is 2. The number of rotatable bonds is 6. The van der Waals surface area contributed by atoms with E-state index in [1.807, 2.05) is 16.8 Å². The normalized spacial score (nSPS) is 21.4. The van der Waals surface area contributed by atoms with Gasteiger partial charge in [-0.05, 0) is 67.7 Å². The van der Waals surface area contributed by atoms with E-state index in [1.54, 1.807) is 11.3 Å². The van der Waals surface area contributed by atoms with Crippen molar-refractivity contribution in [3.8, 4) is 0 Å². The molecule has 0 amide bonds. The lowest BCUT2D eigenvalue weighted by Crippen LogP contribution is -2.42. The van der Waals surface area contributed by atoms with Crippen LogP contribution in [0.5, 0.6) is 0 Å². The van der Waals surface area contributed by atoms with Crippen molar-refractivity contribution in [3.05, 3.63) is 22.4 Å². The van der Waals surface area contributed by atoms with E-state index < -0.39 is 0 Å². The third-order valence-corrected chi connectivity index (χ3v) is 5.05. The second kappa shape index (κ2) is 7.39. The van der Waals surface area contributed by atoms with Gasteiger partial charge in [0.2, 0.25) is 0 Å². The largest absolute Gasteiger partial charge is 0.387 e. The van der Waals surface area contributed by atoms with Crippen LogP contribution in [0.15, 0.2) is 16.8 Å². The smallest absolute Gasteiger partial charge is 0.0922 e. The first-order valence-electron chi connectivity index (χ1n) is 7.36. The highest BCUT2D eigenvalue weighted by Gasteiger charge is 2.23. The Morgan fingerprint density at radius 3 is 2.79 bits per heavy atom. The SMILES string of the molecule is CCN1CCC(C(C)NCC(O)c2ccsc2)CC1. The Morgan fingerprint density at radius 1 is 1.47 bits per heavy atom. The highest BCUT2D eigenvalue weighted by atomic mass is 32.1. The minimum absolute atomic E-state index is 0.371. The van der Waals surface area contributed by atoms with Crippen LogP contribution in [-0.4, -0.2) is 42.2 Å². The third kappa shape index (κ3) is 4.28. The monoisotopic (exact) mass is 282 g/mol. The molecular weight excluding hydrogens is 256 g/mol. The number of nitrogens with zero attached hydrogens (tertiary/aromatic N) is 1. The molecule has 3 nitrogen and oxygen atoms in total. The number of piperidine rings is 1. The lowest BCUT2D eigenvalue weighted by atomic mass is 9.90. The fraction of sp³-hybridized carbons (Fsp3) is 0.733. The molecule has 1 aromatic heterocycles. The Balaban J connectivity index is 1.71. The van der Waals surface area contributed by atoms with Crippen LogP contribution < -0.4 is 5.32 Å². The molecule has 2 rings (SSSR count). The number of aliphatic hydroxyl groups is 1. The molecule has 1 saturated heterocycles. The summed E-state index contributed by atoms with van der Waals surface area (Å²) >= 11 is 1.64. The van der Waals surface area contributed by atoms with Crippen LogP contribution in [0.25, 0.3) is 0 Å². The van der Waals surface area contributed by atoms with Gasteiger partial charge in [0.1, 0.15) is 0 Å². The van der Waals surface area contributed by atoms with Crippen LogP contribution in [0.1, 0.15) is 38.4 Å². The average Bonchev–Trinajstić information content (AvgIpc) is 2.98. The Bertz CT molecular complexity index is 347. The van der Waals surface area contributed by atoms with Gasteiger partial charge in [0.05, 0.1) is 6.10 Å². The molecule has 4 heteroatoms. The number of aliphatic hydroxyl groups excluding tert-OH is 1. The van der Waals surface area contributed by atoms with Crippen molar-refractivity contribution in [2.45, 2.75) is 38.8 Å². The molecule has 0 aromatic carbocycles. The molecule has 0 aliphatic carbocycles. The van der Waals surface area contributed by atoms with Crippen LogP contribution in [0.2, 0.25) is 0 Å². The zero-order valence-electron chi connectivity index (χ0n) is 12.0. The van der Waals surface area contributed by atoms with E-state index in [1.165, 1.54) is 32.5 Å². The Kier molecular flexibility index (Phi) is 5.82. The molecule has 2 unspecified atom stereocenters. The van der Waals surface area contributed by atoms with Gasteiger partial charge in [-0.25, -0.2) is 0 Å². The van der Waals surface area contributed by atoms with Crippen LogP contribution in [0.3, 0.4) is 0 Å². The Hall–Kier alpha value is -0.420. The predicted molar refractivity (Wildman–Crippen MR) is 81.6 cm³/mol. The molecule has 1 fully saturated rings. The summed E-state index contributed by atoms with van der Waals surface area (Å²) in [5.74, 6) is 0.748. The third-order valence-electron chi connectivity index (χ3n) is 4.35. The number of hydrogen-bond acceptors (Lipinski definition) is 4. The van der Waals surface area contributed by atoms with Gasteiger partial charge in [0.15, 0.2) is 0 Å². The van der Waals surface area contributed by atoms with Crippen LogP contribution in [-0.2, 0) is 0 Å². The molecule has 0 radical (unpaired) electrons.